The summed E-state index contributed by atoms with van der Waals surface area (Å²) in [5.41, 5.74) is 0.640. The number of carbonyl (C=O) groups excluding carboxylic acids is 2. The van der Waals surface area contributed by atoms with Crippen molar-refractivity contribution in [2.75, 3.05) is 6.54 Å². The van der Waals surface area contributed by atoms with Gasteiger partial charge in [0.15, 0.2) is 6.29 Å². The molecule has 4 nitrogen and oxygen atoms in total. The van der Waals surface area contributed by atoms with Crippen molar-refractivity contribution in [2.45, 2.75) is 19.9 Å². The van der Waals surface area contributed by atoms with Crippen molar-refractivity contribution >= 4 is 12.2 Å². The quantitative estimate of drug-likeness (QED) is 0.706. The molecular weight excluding hydrogens is 180 g/mol. The van der Waals surface area contributed by atoms with Crippen LogP contribution in [0.3, 0.4) is 0 Å². The lowest BCUT2D eigenvalue weighted by Gasteiger charge is -2.02. The Hall–Kier alpha value is -1.58. The molecule has 1 amide bonds. The van der Waals surface area contributed by atoms with E-state index in [1.54, 1.807) is 18.5 Å². The standard InChI is InChI=1S/C10H14N2O2/c1-2-11-10(14)4-6-12-5-3-9(7-12)8-13/h3,5,7-8H,2,4,6H2,1H3,(H,11,14). The van der Waals surface area contributed by atoms with Crippen LogP contribution in [-0.4, -0.2) is 23.3 Å². The van der Waals surface area contributed by atoms with Crippen molar-refractivity contribution in [3.05, 3.63) is 24.0 Å². The highest BCUT2D eigenvalue weighted by Crippen LogP contribution is 1.99. The second kappa shape index (κ2) is 5.21. The number of nitrogens with one attached hydrogen (secondary N) is 1. The van der Waals surface area contributed by atoms with Crippen molar-refractivity contribution < 1.29 is 9.59 Å². The second-order valence-electron chi connectivity index (χ2n) is 3.00. The third kappa shape index (κ3) is 3.05. The number of rotatable bonds is 5. The largest absolute Gasteiger partial charge is 0.356 e. The lowest BCUT2D eigenvalue weighted by atomic mass is 10.4. The first kappa shape index (κ1) is 10.5. The molecule has 14 heavy (non-hydrogen) atoms. The van der Waals surface area contributed by atoms with Crippen molar-refractivity contribution in [3.63, 3.8) is 0 Å². The molecule has 0 unspecified atom stereocenters. The highest BCUT2D eigenvalue weighted by Gasteiger charge is 2.00. The lowest BCUT2D eigenvalue weighted by Crippen LogP contribution is -2.23. The van der Waals surface area contributed by atoms with E-state index in [1.165, 1.54) is 0 Å². The predicted octanol–water partition coefficient (Wildman–Crippen LogP) is 0.827. The van der Waals surface area contributed by atoms with Gasteiger partial charge in [-0.1, -0.05) is 0 Å². The van der Waals surface area contributed by atoms with Crippen LogP contribution in [0.15, 0.2) is 18.5 Å². The van der Waals surface area contributed by atoms with Gasteiger partial charge in [-0.2, -0.15) is 0 Å². The summed E-state index contributed by atoms with van der Waals surface area (Å²) in [5.74, 6) is 0.0360. The van der Waals surface area contributed by atoms with E-state index >= 15 is 0 Å². The molecule has 0 fully saturated rings. The van der Waals surface area contributed by atoms with Gasteiger partial charge >= 0.3 is 0 Å². The van der Waals surface area contributed by atoms with E-state index < -0.39 is 0 Å². The minimum atomic E-state index is 0.0360. The van der Waals surface area contributed by atoms with Gasteiger partial charge in [0.2, 0.25) is 5.91 Å². The molecule has 0 saturated heterocycles. The Balaban J connectivity index is 2.37. The zero-order valence-electron chi connectivity index (χ0n) is 8.19. The predicted molar refractivity (Wildman–Crippen MR) is 53.1 cm³/mol. The summed E-state index contributed by atoms with van der Waals surface area (Å²) in [4.78, 5) is 21.5. The van der Waals surface area contributed by atoms with Gasteiger partial charge in [0.05, 0.1) is 0 Å². The molecule has 0 spiro atoms. The fourth-order valence-electron chi connectivity index (χ4n) is 1.18. The van der Waals surface area contributed by atoms with Gasteiger partial charge in [0.1, 0.15) is 0 Å². The Bertz CT molecular complexity index is 318. The number of hydrogen-bond donors (Lipinski definition) is 1. The molecule has 1 rings (SSSR count). The molecular formula is C10H14N2O2. The van der Waals surface area contributed by atoms with Gasteiger partial charge in [0, 0.05) is 37.5 Å². The average molecular weight is 194 g/mol. The normalized spacial score (nSPS) is 9.79. The Morgan fingerprint density at radius 3 is 3.00 bits per heavy atom. The first-order valence-electron chi connectivity index (χ1n) is 4.64. The van der Waals surface area contributed by atoms with E-state index in [2.05, 4.69) is 5.32 Å². The van der Waals surface area contributed by atoms with Crippen LogP contribution in [-0.2, 0) is 11.3 Å². The smallest absolute Gasteiger partial charge is 0.221 e. The van der Waals surface area contributed by atoms with Gasteiger partial charge in [-0.25, -0.2) is 0 Å². The Kier molecular flexibility index (Phi) is 3.91. The molecule has 0 radical (unpaired) electrons. The monoisotopic (exact) mass is 194 g/mol. The Morgan fingerprint density at radius 2 is 2.43 bits per heavy atom. The molecule has 76 valence electrons. The van der Waals surface area contributed by atoms with Crippen molar-refractivity contribution in [2.24, 2.45) is 0 Å². The summed E-state index contributed by atoms with van der Waals surface area (Å²) in [6.45, 7) is 3.15. The minimum absolute atomic E-state index is 0.0360. The summed E-state index contributed by atoms with van der Waals surface area (Å²) in [7, 11) is 0. The number of aldehydes is 1. The van der Waals surface area contributed by atoms with Crippen LogP contribution in [0.25, 0.3) is 0 Å². The van der Waals surface area contributed by atoms with Crippen LogP contribution < -0.4 is 5.32 Å². The molecule has 1 aromatic heterocycles. The molecule has 0 aliphatic carbocycles. The van der Waals surface area contributed by atoms with Crippen LogP contribution in [0, 0.1) is 0 Å². The molecule has 0 aliphatic rings. The maximum Gasteiger partial charge on any atom is 0.221 e. The van der Waals surface area contributed by atoms with Crippen LogP contribution in [0.2, 0.25) is 0 Å². The summed E-state index contributed by atoms with van der Waals surface area (Å²) in [5, 5.41) is 2.71. The molecule has 1 heterocycles. The molecule has 1 aromatic rings. The third-order valence-corrected chi connectivity index (χ3v) is 1.88. The topological polar surface area (TPSA) is 51.1 Å². The molecule has 0 aromatic carbocycles. The number of aryl methyl sites for hydroxylation is 1. The van der Waals surface area contributed by atoms with Crippen LogP contribution in [0.5, 0.6) is 0 Å². The van der Waals surface area contributed by atoms with E-state index in [0.717, 1.165) is 6.29 Å². The van der Waals surface area contributed by atoms with E-state index in [4.69, 9.17) is 0 Å². The second-order valence-corrected chi connectivity index (χ2v) is 3.00. The number of carbonyl (C=O) groups is 2. The first-order chi connectivity index (χ1) is 6.76. The van der Waals surface area contributed by atoms with E-state index in [9.17, 15) is 9.59 Å². The highest BCUT2D eigenvalue weighted by molar-refractivity contribution is 5.76. The number of amides is 1. The lowest BCUT2D eigenvalue weighted by molar-refractivity contribution is -0.121. The van der Waals surface area contributed by atoms with Gasteiger partial charge in [0.25, 0.3) is 0 Å². The Labute approximate surface area is 82.9 Å². The van der Waals surface area contributed by atoms with Crippen LogP contribution in [0.4, 0.5) is 0 Å². The average Bonchev–Trinajstić information content (AvgIpc) is 2.63. The minimum Gasteiger partial charge on any atom is -0.356 e. The fraction of sp³-hybridized carbons (Fsp3) is 0.400. The molecule has 4 heteroatoms. The fourth-order valence-corrected chi connectivity index (χ4v) is 1.18. The molecule has 0 aliphatic heterocycles. The number of aromatic nitrogens is 1. The van der Waals surface area contributed by atoms with Crippen molar-refractivity contribution in [1.29, 1.82) is 0 Å². The molecule has 1 N–H and O–H groups in total. The van der Waals surface area contributed by atoms with Gasteiger partial charge in [-0.3, -0.25) is 9.59 Å². The maximum atomic E-state index is 11.1. The summed E-state index contributed by atoms with van der Waals surface area (Å²) >= 11 is 0. The number of hydrogen-bond acceptors (Lipinski definition) is 2. The van der Waals surface area contributed by atoms with Crippen molar-refractivity contribution in [3.8, 4) is 0 Å². The molecule has 0 saturated carbocycles. The summed E-state index contributed by atoms with van der Waals surface area (Å²) in [6.07, 6.45) is 4.76. The van der Waals surface area contributed by atoms with Crippen molar-refractivity contribution in [1.82, 2.24) is 9.88 Å². The molecule has 0 atom stereocenters. The van der Waals surface area contributed by atoms with E-state index in [0.29, 0.717) is 25.1 Å². The number of nitrogens with zero attached hydrogens (tertiary/aromatic N) is 1. The summed E-state index contributed by atoms with van der Waals surface area (Å²) in [6, 6.07) is 1.73. The van der Waals surface area contributed by atoms with Crippen LogP contribution in [0.1, 0.15) is 23.7 Å². The first-order valence-corrected chi connectivity index (χ1v) is 4.64. The van der Waals surface area contributed by atoms with Gasteiger partial charge in [-0.05, 0) is 13.0 Å². The van der Waals surface area contributed by atoms with E-state index in [-0.39, 0.29) is 5.91 Å². The molecule has 0 bridgehead atoms. The zero-order chi connectivity index (χ0) is 10.4. The van der Waals surface area contributed by atoms with Gasteiger partial charge in [-0.15, -0.1) is 0 Å². The third-order valence-electron chi connectivity index (χ3n) is 1.88. The van der Waals surface area contributed by atoms with E-state index in [1.807, 2.05) is 11.5 Å². The summed E-state index contributed by atoms with van der Waals surface area (Å²) < 4.78 is 1.83. The Morgan fingerprint density at radius 1 is 1.64 bits per heavy atom. The highest BCUT2D eigenvalue weighted by atomic mass is 16.1. The maximum absolute atomic E-state index is 11.1. The SMILES string of the molecule is CCNC(=O)CCn1ccc(C=O)c1. The van der Waals surface area contributed by atoms with Crippen LogP contribution >= 0.6 is 0 Å². The zero-order valence-corrected chi connectivity index (χ0v) is 8.19. The van der Waals surface area contributed by atoms with Gasteiger partial charge < -0.3 is 9.88 Å².